The van der Waals surface area contributed by atoms with Gasteiger partial charge in [0.2, 0.25) is 5.88 Å². The number of hydrogen-bond donors (Lipinski definition) is 0. The fourth-order valence-electron chi connectivity index (χ4n) is 2.10. The lowest BCUT2D eigenvalue weighted by Gasteiger charge is -2.16. The number of hydrogen-bond acceptors (Lipinski definition) is 6. The zero-order valence-corrected chi connectivity index (χ0v) is 10.7. The van der Waals surface area contributed by atoms with Crippen LogP contribution in [0.25, 0.3) is 0 Å². The molecule has 7 nitrogen and oxygen atoms in total. The van der Waals surface area contributed by atoms with E-state index in [9.17, 15) is 4.79 Å². The van der Waals surface area contributed by atoms with E-state index in [-0.39, 0.29) is 12.0 Å². The van der Waals surface area contributed by atoms with E-state index in [1.165, 1.54) is 12.4 Å². The first-order valence-corrected chi connectivity index (χ1v) is 6.31. The van der Waals surface area contributed by atoms with E-state index in [1.807, 2.05) is 0 Å². The van der Waals surface area contributed by atoms with Crippen LogP contribution in [0.3, 0.4) is 0 Å². The number of nitrogens with zero attached hydrogens (tertiary/aromatic N) is 5. The van der Waals surface area contributed by atoms with Crippen LogP contribution >= 0.6 is 0 Å². The summed E-state index contributed by atoms with van der Waals surface area (Å²) >= 11 is 0. The second kappa shape index (κ2) is 5.60. The number of aromatic nitrogens is 4. The Labute approximate surface area is 115 Å². The molecule has 2 aromatic heterocycles. The summed E-state index contributed by atoms with van der Waals surface area (Å²) in [4.78, 5) is 29.8. The highest BCUT2D eigenvalue weighted by Crippen LogP contribution is 2.17. The highest BCUT2D eigenvalue weighted by Gasteiger charge is 2.29. The van der Waals surface area contributed by atoms with Crippen molar-refractivity contribution in [2.75, 3.05) is 13.1 Å². The van der Waals surface area contributed by atoms with Crippen LogP contribution < -0.4 is 4.74 Å². The molecule has 3 heterocycles. The van der Waals surface area contributed by atoms with Gasteiger partial charge < -0.3 is 9.64 Å². The van der Waals surface area contributed by atoms with E-state index >= 15 is 0 Å². The summed E-state index contributed by atoms with van der Waals surface area (Å²) in [5.74, 6) is 0.356. The minimum Gasteiger partial charge on any atom is -0.471 e. The van der Waals surface area contributed by atoms with Crippen LogP contribution in [0, 0.1) is 0 Å². The molecule has 2 aromatic rings. The molecule has 1 aliphatic rings. The third-order valence-corrected chi connectivity index (χ3v) is 3.04. The fraction of sp³-hybridized carbons (Fsp3) is 0.308. The Bertz CT molecular complexity index is 578. The fourth-order valence-corrected chi connectivity index (χ4v) is 2.10. The van der Waals surface area contributed by atoms with E-state index < -0.39 is 0 Å². The zero-order chi connectivity index (χ0) is 13.8. The van der Waals surface area contributed by atoms with Crippen molar-refractivity contribution in [1.29, 1.82) is 0 Å². The van der Waals surface area contributed by atoms with Gasteiger partial charge in [0, 0.05) is 37.8 Å². The molecule has 1 unspecified atom stereocenters. The molecular formula is C13H13N5O2. The number of carbonyl (C=O) groups excluding carboxylic acids is 1. The van der Waals surface area contributed by atoms with Crippen molar-refractivity contribution in [3.8, 4) is 5.88 Å². The summed E-state index contributed by atoms with van der Waals surface area (Å²) in [5.41, 5.74) is 0.354. The third-order valence-electron chi connectivity index (χ3n) is 3.04. The van der Waals surface area contributed by atoms with Gasteiger partial charge in [-0.25, -0.2) is 9.97 Å². The SMILES string of the molecule is O=C(c1cnccn1)N1CCC(Oc2cnccn2)C1. The molecule has 0 radical (unpaired) electrons. The molecule has 0 bridgehead atoms. The molecule has 3 rings (SSSR count). The van der Waals surface area contributed by atoms with Crippen molar-refractivity contribution in [2.45, 2.75) is 12.5 Å². The number of carbonyl (C=O) groups is 1. The van der Waals surface area contributed by atoms with Gasteiger partial charge in [-0.3, -0.25) is 14.8 Å². The lowest BCUT2D eigenvalue weighted by molar-refractivity contribution is 0.0765. The Morgan fingerprint density at radius 3 is 2.65 bits per heavy atom. The van der Waals surface area contributed by atoms with Gasteiger partial charge in [-0.2, -0.15) is 0 Å². The smallest absolute Gasteiger partial charge is 0.274 e. The molecule has 0 spiro atoms. The molecule has 20 heavy (non-hydrogen) atoms. The van der Waals surface area contributed by atoms with Gasteiger partial charge in [-0.15, -0.1) is 0 Å². The maximum absolute atomic E-state index is 12.2. The quantitative estimate of drug-likeness (QED) is 0.811. The summed E-state index contributed by atoms with van der Waals surface area (Å²) in [6, 6.07) is 0. The third kappa shape index (κ3) is 2.71. The summed E-state index contributed by atoms with van der Waals surface area (Å²) in [7, 11) is 0. The van der Waals surface area contributed by atoms with Gasteiger partial charge in [-0.05, 0) is 0 Å². The molecule has 0 aliphatic carbocycles. The molecule has 0 aromatic carbocycles. The topological polar surface area (TPSA) is 81.1 Å². The minimum absolute atomic E-state index is 0.0627. The van der Waals surface area contributed by atoms with Crippen LogP contribution in [-0.2, 0) is 0 Å². The highest BCUT2D eigenvalue weighted by molar-refractivity contribution is 5.92. The molecule has 0 saturated carbocycles. The van der Waals surface area contributed by atoms with E-state index in [4.69, 9.17) is 4.74 Å². The van der Waals surface area contributed by atoms with Crippen molar-refractivity contribution in [3.05, 3.63) is 42.9 Å². The number of rotatable bonds is 3. The van der Waals surface area contributed by atoms with Gasteiger partial charge in [0.25, 0.3) is 5.91 Å². The number of amides is 1. The molecular weight excluding hydrogens is 258 g/mol. The number of likely N-dealkylation sites (tertiary alicyclic amines) is 1. The predicted molar refractivity (Wildman–Crippen MR) is 69.0 cm³/mol. The van der Waals surface area contributed by atoms with E-state index in [1.54, 1.807) is 29.7 Å². The first-order chi connectivity index (χ1) is 9.83. The lowest BCUT2D eigenvalue weighted by Crippen LogP contribution is -2.31. The maximum atomic E-state index is 12.2. The average molecular weight is 271 g/mol. The Morgan fingerprint density at radius 1 is 1.15 bits per heavy atom. The monoisotopic (exact) mass is 271 g/mol. The van der Waals surface area contributed by atoms with E-state index in [2.05, 4.69) is 19.9 Å². The second-order valence-electron chi connectivity index (χ2n) is 4.41. The van der Waals surface area contributed by atoms with Crippen LogP contribution in [0.15, 0.2) is 37.2 Å². The summed E-state index contributed by atoms with van der Waals surface area (Å²) in [6.45, 7) is 1.16. The highest BCUT2D eigenvalue weighted by atomic mass is 16.5. The Kier molecular flexibility index (Phi) is 3.49. The second-order valence-corrected chi connectivity index (χ2v) is 4.41. The normalized spacial score (nSPS) is 18.0. The van der Waals surface area contributed by atoms with Gasteiger partial charge in [-0.1, -0.05) is 0 Å². The predicted octanol–water partition coefficient (Wildman–Crippen LogP) is 0.560. The molecule has 102 valence electrons. The van der Waals surface area contributed by atoms with Gasteiger partial charge in [0.05, 0.1) is 18.9 Å². The average Bonchev–Trinajstić information content (AvgIpc) is 2.97. The lowest BCUT2D eigenvalue weighted by atomic mass is 10.3. The Hall–Kier alpha value is -2.57. The van der Waals surface area contributed by atoms with E-state index in [0.29, 0.717) is 24.7 Å². The van der Waals surface area contributed by atoms with E-state index in [0.717, 1.165) is 6.42 Å². The van der Waals surface area contributed by atoms with Crippen LogP contribution in [-0.4, -0.2) is 49.9 Å². The van der Waals surface area contributed by atoms with Crippen molar-refractivity contribution in [1.82, 2.24) is 24.8 Å². The molecule has 1 aliphatic heterocycles. The number of ether oxygens (including phenoxy) is 1. The van der Waals surface area contributed by atoms with Gasteiger partial charge in [0.1, 0.15) is 11.8 Å². The summed E-state index contributed by atoms with van der Waals surface area (Å²) in [6.07, 6.45) is 9.96. The molecule has 1 amide bonds. The van der Waals surface area contributed by atoms with Crippen LogP contribution in [0.1, 0.15) is 16.9 Å². The van der Waals surface area contributed by atoms with Crippen molar-refractivity contribution < 1.29 is 9.53 Å². The molecule has 7 heteroatoms. The first-order valence-electron chi connectivity index (χ1n) is 6.31. The summed E-state index contributed by atoms with van der Waals surface area (Å²) < 4.78 is 5.69. The van der Waals surface area contributed by atoms with Gasteiger partial charge >= 0.3 is 0 Å². The molecule has 0 N–H and O–H groups in total. The largest absolute Gasteiger partial charge is 0.471 e. The zero-order valence-electron chi connectivity index (χ0n) is 10.7. The maximum Gasteiger partial charge on any atom is 0.274 e. The van der Waals surface area contributed by atoms with Crippen LogP contribution in [0.4, 0.5) is 0 Å². The van der Waals surface area contributed by atoms with Crippen molar-refractivity contribution >= 4 is 5.91 Å². The first kappa shape index (κ1) is 12.5. The minimum atomic E-state index is -0.122. The molecule has 1 fully saturated rings. The summed E-state index contributed by atoms with van der Waals surface area (Å²) in [5, 5.41) is 0. The van der Waals surface area contributed by atoms with Crippen LogP contribution in [0.5, 0.6) is 5.88 Å². The standard InChI is InChI=1S/C13H13N5O2/c19-13(11-7-14-2-4-16-11)18-6-1-10(9-18)20-12-8-15-3-5-17-12/h2-5,7-8,10H,1,6,9H2. The van der Waals surface area contributed by atoms with Crippen molar-refractivity contribution in [2.24, 2.45) is 0 Å². The molecule has 1 saturated heterocycles. The van der Waals surface area contributed by atoms with Crippen LogP contribution in [0.2, 0.25) is 0 Å². The Balaban J connectivity index is 1.61. The molecule has 1 atom stereocenters. The Morgan fingerprint density at radius 2 is 1.95 bits per heavy atom. The van der Waals surface area contributed by atoms with Crippen molar-refractivity contribution in [3.63, 3.8) is 0 Å². The van der Waals surface area contributed by atoms with Gasteiger partial charge in [0.15, 0.2) is 0 Å².